The van der Waals surface area contributed by atoms with E-state index in [1.807, 2.05) is 57.2 Å². The van der Waals surface area contributed by atoms with Crippen molar-refractivity contribution in [3.05, 3.63) is 117 Å². The van der Waals surface area contributed by atoms with Gasteiger partial charge in [0.05, 0.1) is 24.8 Å². The van der Waals surface area contributed by atoms with Crippen molar-refractivity contribution < 1.29 is 27.5 Å². The van der Waals surface area contributed by atoms with Crippen molar-refractivity contribution in [1.29, 1.82) is 0 Å². The van der Waals surface area contributed by atoms with Crippen molar-refractivity contribution >= 4 is 50.7 Å². The second kappa shape index (κ2) is 17.6. The Morgan fingerprint density at radius 3 is 2.08 bits per heavy atom. The van der Waals surface area contributed by atoms with Crippen molar-refractivity contribution in [1.82, 2.24) is 10.2 Å². The van der Waals surface area contributed by atoms with E-state index in [0.29, 0.717) is 27.9 Å². The lowest BCUT2D eigenvalue weighted by molar-refractivity contribution is -0.140. The molecule has 0 saturated heterocycles. The molecule has 0 spiro atoms. The van der Waals surface area contributed by atoms with Crippen LogP contribution >= 0.6 is 23.2 Å². The highest BCUT2D eigenvalue weighted by Gasteiger charge is 2.35. The van der Waals surface area contributed by atoms with Gasteiger partial charge in [0.25, 0.3) is 10.0 Å². The first-order chi connectivity index (χ1) is 23.9. The molecule has 266 valence electrons. The Morgan fingerprint density at radius 2 is 1.48 bits per heavy atom. The molecule has 50 heavy (non-hydrogen) atoms. The van der Waals surface area contributed by atoms with Crippen LogP contribution in [0.1, 0.15) is 42.0 Å². The normalized spacial score (nSPS) is 11.8. The van der Waals surface area contributed by atoms with Gasteiger partial charge in [-0.1, -0.05) is 79.0 Å². The van der Waals surface area contributed by atoms with E-state index in [0.717, 1.165) is 33.8 Å². The number of carbonyl (C=O) groups is 2. The number of ether oxygens (including phenoxy) is 2. The highest BCUT2D eigenvalue weighted by atomic mass is 35.5. The Morgan fingerprint density at radius 1 is 0.840 bits per heavy atom. The third kappa shape index (κ3) is 9.50. The fraction of sp³-hybridized carbons (Fsp3) is 0.316. The molecule has 0 aliphatic heterocycles. The minimum atomic E-state index is -4.39. The molecule has 0 aliphatic rings. The van der Waals surface area contributed by atoms with Crippen LogP contribution < -0.4 is 19.1 Å². The first-order valence-corrected chi connectivity index (χ1v) is 18.5. The Balaban J connectivity index is 1.87. The molecule has 2 amide bonds. The van der Waals surface area contributed by atoms with E-state index >= 15 is 0 Å². The number of halogens is 2. The van der Waals surface area contributed by atoms with Gasteiger partial charge in [0.1, 0.15) is 12.6 Å². The first kappa shape index (κ1) is 38.6. The monoisotopic (exact) mass is 739 g/mol. The maximum atomic E-state index is 14.8. The number of hydrogen-bond acceptors (Lipinski definition) is 6. The Bertz CT molecular complexity index is 1870. The number of benzene rings is 4. The summed E-state index contributed by atoms with van der Waals surface area (Å²) in [7, 11) is -1.52. The molecular weight excluding hydrogens is 697 g/mol. The van der Waals surface area contributed by atoms with Gasteiger partial charge >= 0.3 is 0 Å². The standard InChI is InChI=1S/C38H43Cl2N3O6S/c1-6-7-18-41-38(45)34(22-28-12-9-8-10-13-28)42(24-31-32(39)14-11-15-33(31)40)37(44)25-43(29-20-26(2)19-27(3)21-29)50(46,47)30-16-17-35(48-4)36(23-30)49-5/h8-17,19-21,23,34H,6-7,18,22,24-25H2,1-5H3,(H,41,45)/t34-/m1/s1. The molecule has 0 radical (unpaired) electrons. The zero-order chi connectivity index (χ0) is 36.4. The van der Waals surface area contributed by atoms with Crippen molar-refractivity contribution in [3.8, 4) is 11.5 Å². The maximum absolute atomic E-state index is 14.8. The number of unbranched alkanes of at least 4 members (excludes halogenated alkanes) is 1. The number of methoxy groups -OCH3 is 2. The van der Waals surface area contributed by atoms with E-state index in [2.05, 4.69) is 5.32 Å². The van der Waals surface area contributed by atoms with Gasteiger partial charge in [0, 0.05) is 41.2 Å². The zero-order valence-corrected chi connectivity index (χ0v) is 31.2. The molecule has 0 heterocycles. The van der Waals surface area contributed by atoms with Crippen LogP contribution in [-0.4, -0.2) is 58.5 Å². The van der Waals surface area contributed by atoms with Gasteiger partial charge in [-0.2, -0.15) is 0 Å². The lowest BCUT2D eigenvalue weighted by Gasteiger charge is -2.34. The number of rotatable bonds is 16. The summed E-state index contributed by atoms with van der Waals surface area (Å²) in [5.74, 6) is -0.446. The van der Waals surface area contributed by atoms with Gasteiger partial charge in [-0.3, -0.25) is 13.9 Å². The number of amides is 2. The lowest BCUT2D eigenvalue weighted by Crippen LogP contribution is -2.53. The number of aryl methyl sites for hydroxylation is 2. The third-order valence-corrected chi connectivity index (χ3v) is 10.7. The molecule has 4 rings (SSSR count). The van der Waals surface area contributed by atoms with Crippen LogP contribution in [-0.2, 0) is 32.6 Å². The number of anilines is 1. The van der Waals surface area contributed by atoms with Crippen LogP contribution in [0, 0.1) is 13.8 Å². The topological polar surface area (TPSA) is 105 Å². The highest BCUT2D eigenvalue weighted by Crippen LogP contribution is 2.33. The van der Waals surface area contributed by atoms with E-state index in [1.165, 1.54) is 37.3 Å². The average molecular weight is 741 g/mol. The van der Waals surface area contributed by atoms with Gasteiger partial charge in [0.15, 0.2) is 11.5 Å². The molecule has 0 aromatic heterocycles. The lowest BCUT2D eigenvalue weighted by atomic mass is 10.0. The minimum Gasteiger partial charge on any atom is -0.493 e. The van der Waals surface area contributed by atoms with Crippen LogP contribution in [0.2, 0.25) is 10.0 Å². The summed E-state index contributed by atoms with van der Waals surface area (Å²) in [6.07, 6.45) is 1.77. The minimum absolute atomic E-state index is 0.110. The number of carbonyl (C=O) groups excluding carboxylic acids is 2. The summed E-state index contributed by atoms with van der Waals surface area (Å²) < 4.78 is 40.9. The molecule has 4 aromatic carbocycles. The summed E-state index contributed by atoms with van der Waals surface area (Å²) in [4.78, 5) is 30.1. The van der Waals surface area contributed by atoms with Crippen molar-refractivity contribution in [2.24, 2.45) is 0 Å². The van der Waals surface area contributed by atoms with Crippen LogP contribution in [0.3, 0.4) is 0 Å². The van der Waals surface area contributed by atoms with Gasteiger partial charge < -0.3 is 19.7 Å². The van der Waals surface area contributed by atoms with E-state index in [-0.39, 0.29) is 35.2 Å². The fourth-order valence-electron chi connectivity index (χ4n) is 5.64. The number of nitrogens with zero attached hydrogens (tertiary/aromatic N) is 2. The first-order valence-electron chi connectivity index (χ1n) is 16.3. The van der Waals surface area contributed by atoms with Gasteiger partial charge in [-0.15, -0.1) is 0 Å². The summed E-state index contributed by atoms with van der Waals surface area (Å²) in [6, 6.07) is 22.9. The van der Waals surface area contributed by atoms with Gasteiger partial charge in [-0.05, 0) is 73.4 Å². The Hall–Kier alpha value is -4.25. The Kier molecular flexibility index (Phi) is 13.6. The van der Waals surface area contributed by atoms with Crippen molar-refractivity contribution in [2.75, 3.05) is 31.6 Å². The maximum Gasteiger partial charge on any atom is 0.264 e. The van der Waals surface area contributed by atoms with E-state index in [4.69, 9.17) is 32.7 Å². The third-order valence-electron chi connectivity index (χ3n) is 8.21. The molecule has 9 nitrogen and oxygen atoms in total. The molecule has 1 N–H and O–H groups in total. The molecule has 0 unspecified atom stereocenters. The van der Waals surface area contributed by atoms with Gasteiger partial charge in [-0.25, -0.2) is 8.42 Å². The van der Waals surface area contributed by atoms with Crippen LogP contribution in [0.15, 0.2) is 89.8 Å². The highest BCUT2D eigenvalue weighted by molar-refractivity contribution is 7.92. The van der Waals surface area contributed by atoms with E-state index in [1.54, 1.807) is 30.3 Å². The number of sulfonamides is 1. The molecule has 4 aromatic rings. The van der Waals surface area contributed by atoms with Crippen molar-refractivity contribution in [2.45, 2.75) is 57.5 Å². The molecule has 0 saturated carbocycles. The van der Waals surface area contributed by atoms with Crippen LogP contribution in [0.5, 0.6) is 11.5 Å². The van der Waals surface area contributed by atoms with E-state index in [9.17, 15) is 18.0 Å². The summed E-state index contributed by atoms with van der Waals surface area (Å²) in [6.45, 7) is 5.35. The smallest absolute Gasteiger partial charge is 0.264 e. The largest absolute Gasteiger partial charge is 0.493 e. The van der Waals surface area contributed by atoms with Crippen molar-refractivity contribution in [3.63, 3.8) is 0 Å². The Labute approximate surface area is 305 Å². The second-order valence-corrected chi connectivity index (χ2v) is 14.6. The van der Waals surface area contributed by atoms with Gasteiger partial charge in [0.2, 0.25) is 11.8 Å². The molecule has 0 aliphatic carbocycles. The predicted octanol–water partition coefficient (Wildman–Crippen LogP) is 7.38. The summed E-state index contributed by atoms with van der Waals surface area (Å²) in [5, 5.41) is 3.60. The van der Waals surface area contributed by atoms with E-state index < -0.39 is 28.5 Å². The SMILES string of the molecule is CCCCNC(=O)[C@@H](Cc1ccccc1)N(Cc1c(Cl)cccc1Cl)C(=O)CN(c1cc(C)cc(C)c1)S(=O)(=O)c1ccc(OC)c(OC)c1. The molecule has 0 fully saturated rings. The predicted molar refractivity (Wildman–Crippen MR) is 199 cm³/mol. The summed E-state index contributed by atoms with van der Waals surface area (Å²) >= 11 is 13.2. The number of hydrogen-bond donors (Lipinski definition) is 1. The average Bonchev–Trinajstić information content (AvgIpc) is 3.09. The summed E-state index contributed by atoms with van der Waals surface area (Å²) in [5.41, 5.74) is 3.14. The molecule has 0 bridgehead atoms. The van der Waals surface area contributed by atoms with Crippen LogP contribution in [0.25, 0.3) is 0 Å². The second-order valence-electron chi connectivity index (χ2n) is 11.9. The fourth-order valence-corrected chi connectivity index (χ4v) is 7.57. The zero-order valence-electron chi connectivity index (χ0n) is 28.9. The number of nitrogens with one attached hydrogen (secondary N) is 1. The quantitative estimate of drug-likeness (QED) is 0.120. The molecular formula is C38H43Cl2N3O6S. The molecule has 1 atom stereocenters. The molecule has 12 heteroatoms. The van der Waals surface area contributed by atoms with Crippen LogP contribution in [0.4, 0.5) is 5.69 Å².